The lowest BCUT2D eigenvalue weighted by molar-refractivity contribution is -0.117. The van der Waals surface area contributed by atoms with Gasteiger partial charge in [0.1, 0.15) is 11.6 Å². The maximum absolute atomic E-state index is 11.8. The third-order valence-corrected chi connectivity index (χ3v) is 2.73. The van der Waals surface area contributed by atoms with Crippen molar-refractivity contribution in [2.75, 3.05) is 6.61 Å². The summed E-state index contributed by atoms with van der Waals surface area (Å²) in [6.07, 6.45) is 1.39. The number of aromatic hydroxyl groups is 1. The molecule has 1 aromatic carbocycles. The van der Waals surface area contributed by atoms with Crippen molar-refractivity contribution < 1.29 is 14.6 Å². The van der Waals surface area contributed by atoms with Gasteiger partial charge in [-0.3, -0.25) is 4.79 Å². The summed E-state index contributed by atoms with van der Waals surface area (Å²) in [5.74, 6) is -0.423. The largest absolute Gasteiger partial charge is 0.503 e. The van der Waals surface area contributed by atoms with Gasteiger partial charge >= 0.3 is 0 Å². The molecule has 0 spiro atoms. The van der Waals surface area contributed by atoms with Crippen LogP contribution >= 0.6 is 11.6 Å². The summed E-state index contributed by atoms with van der Waals surface area (Å²) in [5, 5.41) is 21.6. The highest BCUT2D eigenvalue weighted by atomic mass is 35.5. The quantitative estimate of drug-likeness (QED) is 0.647. The lowest BCUT2D eigenvalue weighted by Crippen LogP contribution is -2.30. The van der Waals surface area contributed by atoms with Gasteiger partial charge in [0.25, 0.3) is 5.91 Å². The van der Waals surface area contributed by atoms with E-state index in [9.17, 15) is 9.90 Å². The number of rotatable bonds is 5. The molecular weight excluding hydrogens is 292 g/mol. The highest BCUT2D eigenvalue weighted by Gasteiger charge is 2.13. The average Bonchev–Trinajstić information content (AvgIpc) is 2.40. The predicted molar refractivity (Wildman–Crippen MR) is 81.2 cm³/mol. The van der Waals surface area contributed by atoms with E-state index in [4.69, 9.17) is 21.6 Å². The van der Waals surface area contributed by atoms with E-state index in [-0.39, 0.29) is 28.1 Å². The van der Waals surface area contributed by atoms with Gasteiger partial charge in [0.15, 0.2) is 11.5 Å². The third kappa shape index (κ3) is 4.69. The Kier molecular flexibility index (Phi) is 6.07. The molecule has 0 bridgehead atoms. The fourth-order valence-electron chi connectivity index (χ4n) is 1.60. The molecule has 0 saturated heterocycles. The molecule has 0 aliphatic rings. The summed E-state index contributed by atoms with van der Waals surface area (Å²) in [7, 11) is 0. The first kappa shape index (κ1) is 16.9. The summed E-state index contributed by atoms with van der Waals surface area (Å²) < 4.78 is 5.25. The number of hydrogen-bond donors (Lipinski definition) is 2. The van der Waals surface area contributed by atoms with Crippen LogP contribution in [0.15, 0.2) is 17.7 Å². The molecule has 112 valence electrons. The number of benzene rings is 1. The van der Waals surface area contributed by atoms with Gasteiger partial charge < -0.3 is 15.2 Å². The number of ether oxygens (including phenoxy) is 1. The molecule has 1 rings (SSSR count). The predicted octanol–water partition coefficient (Wildman–Crippen LogP) is 2.88. The minimum atomic E-state index is -0.463. The summed E-state index contributed by atoms with van der Waals surface area (Å²) in [6, 6.07) is 4.75. The Bertz CT molecular complexity index is 604. The Morgan fingerprint density at radius 3 is 2.76 bits per heavy atom. The van der Waals surface area contributed by atoms with Gasteiger partial charge in [0.2, 0.25) is 0 Å². The number of nitrogens with one attached hydrogen (secondary N) is 1. The number of nitrogens with zero attached hydrogens (tertiary/aromatic N) is 1. The molecule has 0 atom stereocenters. The first-order chi connectivity index (χ1) is 9.88. The number of halogens is 1. The molecule has 0 aliphatic heterocycles. The van der Waals surface area contributed by atoms with E-state index < -0.39 is 5.91 Å². The zero-order chi connectivity index (χ0) is 16.0. The average molecular weight is 309 g/mol. The topological polar surface area (TPSA) is 82.3 Å². The van der Waals surface area contributed by atoms with Crippen molar-refractivity contribution in [2.24, 2.45) is 0 Å². The second-order valence-corrected chi connectivity index (χ2v) is 4.99. The van der Waals surface area contributed by atoms with Gasteiger partial charge in [-0.25, -0.2) is 0 Å². The van der Waals surface area contributed by atoms with Crippen molar-refractivity contribution in [1.82, 2.24) is 5.32 Å². The molecule has 0 aliphatic carbocycles. The van der Waals surface area contributed by atoms with Crippen molar-refractivity contribution >= 4 is 23.6 Å². The first-order valence-corrected chi connectivity index (χ1v) is 6.84. The zero-order valence-corrected chi connectivity index (χ0v) is 12.9. The van der Waals surface area contributed by atoms with Crippen LogP contribution in [0.3, 0.4) is 0 Å². The van der Waals surface area contributed by atoms with Gasteiger partial charge in [-0.1, -0.05) is 11.6 Å². The Morgan fingerprint density at radius 2 is 2.24 bits per heavy atom. The van der Waals surface area contributed by atoms with Crippen LogP contribution in [0.2, 0.25) is 5.02 Å². The van der Waals surface area contributed by atoms with Crippen molar-refractivity contribution in [1.29, 1.82) is 5.26 Å². The van der Waals surface area contributed by atoms with E-state index in [2.05, 4.69) is 5.32 Å². The van der Waals surface area contributed by atoms with Crippen LogP contribution in [0.5, 0.6) is 11.5 Å². The Balaban J connectivity index is 3.17. The standard InChI is InChI=1S/C15H17ClN2O3/c1-4-21-13-7-10(6-12(16)14(13)19)5-11(8-17)15(20)18-9(2)3/h5-7,9,19H,4H2,1-3H3,(H,18,20)/b11-5-. The summed E-state index contributed by atoms with van der Waals surface area (Å²) in [6.45, 7) is 5.73. The van der Waals surface area contributed by atoms with Crippen molar-refractivity contribution in [3.63, 3.8) is 0 Å². The molecule has 0 unspecified atom stereocenters. The monoisotopic (exact) mass is 308 g/mol. The second kappa shape index (κ2) is 7.55. The second-order valence-electron chi connectivity index (χ2n) is 4.58. The number of carbonyl (C=O) groups excluding carboxylic acids is 1. The number of carbonyl (C=O) groups is 1. The molecule has 1 amide bonds. The highest BCUT2D eigenvalue weighted by molar-refractivity contribution is 6.32. The van der Waals surface area contributed by atoms with Gasteiger partial charge in [-0.2, -0.15) is 5.26 Å². The molecule has 6 heteroatoms. The van der Waals surface area contributed by atoms with E-state index in [1.807, 2.05) is 6.07 Å². The molecule has 0 saturated carbocycles. The molecule has 1 aromatic rings. The molecule has 2 N–H and O–H groups in total. The normalized spacial score (nSPS) is 11.1. The summed E-state index contributed by atoms with van der Waals surface area (Å²) in [4.78, 5) is 11.8. The number of amides is 1. The van der Waals surface area contributed by atoms with Crippen molar-refractivity contribution in [3.05, 3.63) is 28.3 Å². The lowest BCUT2D eigenvalue weighted by Gasteiger charge is -2.09. The van der Waals surface area contributed by atoms with Crippen LogP contribution in [0.4, 0.5) is 0 Å². The fraction of sp³-hybridized carbons (Fsp3) is 0.333. The molecule has 5 nitrogen and oxygen atoms in total. The molecular formula is C15H17ClN2O3. The van der Waals surface area contributed by atoms with Crippen LogP contribution in [0.25, 0.3) is 6.08 Å². The number of hydrogen-bond acceptors (Lipinski definition) is 4. The zero-order valence-electron chi connectivity index (χ0n) is 12.1. The molecule has 0 radical (unpaired) electrons. The van der Waals surface area contributed by atoms with E-state index in [0.29, 0.717) is 12.2 Å². The SMILES string of the molecule is CCOc1cc(/C=C(/C#N)C(=O)NC(C)C)cc(Cl)c1O. The minimum absolute atomic E-state index is 0.0482. The van der Waals surface area contributed by atoms with E-state index in [1.165, 1.54) is 18.2 Å². The first-order valence-electron chi connectivity index (χ1n) is 6.47. The Morgan fingerprint density at radius 1 is 1.57 bits per heavy atom. The lowest BCUT2D eigenvalue weighted by atomic mass is 10.1. The van der Waals surface area contributed by atoms with E-state index >= 15 is 0 Å². The van der Waals surface area contributed by atoms with Crippen LogP contribution in [0.1, 0.15) is 26.3 Å². The number of phenols is 1. The maximum atomic E-state index is 11.8. The van der Waals surface area contributed by atoms with Crippen LogP contribution < -0.4 is 10.1 Å². The van der Waals surface area contributed by atoms with Gasteiger partial charge in [-0.05, 0) is 44.5 Å². The highest BCUT2D eigenvalue weighted by Crippen LogP contribution is 2.35. The van der Waals surface area contributed by atoms with Crippen molar-refractivity contribution in [3.8, 4) is 17.6 Å². The summed E-state index contributed by atoms with van der Waals surface area (Å²) in [5.41, 5.74) is 0.449. The van der Waals surface area contributed by atoms with Crippen LogP contribution in [-0.4, -0.2) is 23.7 Å². The number of phenolic OH excluding ortho intramolecular Hbond substituents is 1. The van der Waals surface area contributed by atoms with Crippen molar-refractivity contribution in [2.45, 2.75) is 26.8 Å². The third-order valence-electron chi connectivity index (χ3n) is 2.45. The smallest absolute Gasteiger partial charge is 0.262 e. The van der Waals surface area contributed by atoms with Crippen LogP contribution in [0, 0.1) is 11.3 Å². The number of nitriles is 1. The minimum Gasteiger partial charge on any atom is -0.503 e. The Labute approximate surface area is 128 Å². The van der Waals surface area contributed by atoms with E-state index in [1.54, 1.807) is 20.8 Å². The fourth-order valence-corrected chi connectivity index (χ4v) is 1.82. The van der Waals surface area contributed by atoms with Crippen LogP contribution in [-0.2, 0) is 4.79 Å². The maximum Gasteiger partial charge on any atom is 0.262 e. The molecule has 0 aromatic heterocycles. The summed E-state index contributed by atoms with van der Waals surface area (Å²) >= 11 is 5.90. The van der Waals surface area contributed by atoms with Gasteiger partial charge in [0, 0.05) is 6.04 Å². The van der Waals surface area contributed by atoms with Gasteiger partial charge in [-0.15, -0.1) is 0 Å². The van der Waals surface area contributed by atoms with Gasteiger partial charge in [0.05, 0.1) is 11.6 Å². The molecule has 21 heavy (non-hydrogen) atoms. The Hall–Kier alpha value is -2.19. The van der Waals surface area contributed by atoms with E-state index in [0.717, 1.165) is 0 Å². The molecule has 0 fully saturated rings. The molecule has 0 heterocycles.